The normalized spacial score (nSPS) is 12.6. The third-order valence-electron chi connectivity index (χ3n) is 2.56. The molecule has 0 saturated carbocycles. The van der Waals surface area contributed by atoms with Crippen molar-refractivity contribution in [3.05, 3.63) is 35.1 Å². The Hall–Kier alpha value is -1.56. The van der Waals surface area contributed by atoms with Crippen LogP contribution in [-0.4, -0.2) is 23.7 Å². The van der Waals surface area contributed by atoms with E-state index in [1.165, 1.54) is 0 Å². The van der Waals surface area contributed by atoms with Crippen LogP contribution in [-0.2, 0) is 0 Å². The van der Waals surface area contributed by atoms with Crippen molar-refractivity contribution in [2.75, 3.05) is 6.61 Å². The Labute approximate surface area is 103 Å². The van der Waals surface area contributed by atoms with Gasteiger partial charge in [0.25, 0.3) is 5.91 Å². The van der Waals surface area contributed by atoms with Crippen molar-refractivity contribution in [1.29, 1.82) is 0 Å². The average molecular weight is 261 g/mol. The molecule has 18 heavy (non-hydrogen) atoms. The van der Waals surface area contributed by atoms with Crippen LogP contribution in [0.3, 0.4) is 0 Å². The van der Waals surface area contributed by atoms with Crippen molar-refractivity contribution in [3.8, 4) is 0 Å². The van der Waals surface area contributed by atoms with Crippen LogP contribution in [0.25, 0.3) is 0 Å². The molecule has 0 spiro atoms. The van der Waals surface area contributed by atoms with Gasteiger partial charge in [0.15, 0.2) is 17.5 Å². The molecule has 1 aromatic carbocycles. The molecule has 1 amide bonds. The zero-order chi connectivity index (χ0) is 13.9. The second-order valence-electron chi connectivity index (χ2n) is 4.26. The number of rotatable bonds is 4. The third-order valence-corrected chi connectivity index (χ3v) is 2.56. The number of nitrogens with one attached hydrogen (secondary N) is 1. The van der Waals surface area contributed by atoms with Crippen molar-refractivity contribution >= 4 is 5.91 Å². The fourth-order valence-electron chi connectivity index (χ4n) is 1.36. The number of aliphatic hydroxyl groups is 1. The van der Waals surface area contributed by atoms with Gasteiger partial charge >= 0.3 is 0 Å². The van der Waals surface area contributed by atoms with Gasteiger partial charge in [-0.25, -0.2) is 13.2 Å². The first kappa shape index (κ1) is 14.5. The highest BCUT2D eigenvalue weighted by molar-refractivity contribution is 5.94. The van der Waals surface area contributed by atoms with E-state index in [1.54, 1.807) is 13.8 Å². The molecule has 0 aliphatic rings. The van der Waals surface area contributed by atoms with Gasteiger partial charge in [0, 0.05) is 5.56 Å². The lowest BCUT2D eigenvalue weighted by Crippen LogP contribution is -2.41. The van der Waals surface area contributed by atoms with Gasteiger partial charge in [-0.3, -0.25) is 4.79 Å². The predicted molar refractivity (Wildman–Crippen MR) is 59.5 cm³/mol. The maximum Gasteiger partial charge on any atom is 0.251 e. The average Bonchev–Trinajstić information content (AvgIpc) is 2.31. The first-order valence-corrected chi connectivity index (χ1v) is 5.43. The summed E-state index contributed by atoms with van der Waals surface area (Å²) in [6.45, 7) is 3.25. The van der Waals surface area contributed by atoms with E-state index in [1.807, 2.05) is 0 Å². The van der Waals surface area contributed by atoms with Gasteiger partial charge < -0.3 is 10.4 Å². The highest BCUT2D eigenvalue weighted by atomic mass is 19.2. The Morgan fingerprint density at radius 1 is 1.28 bits per heavy atom. The summed E-state index contributed by atoms with van der Waals surface area (Å²) in [7, 11) is 0. The number of carbonyl (C=O) groups is 1. The van der Waals surface area contributed by atoms with Crippen molar-refractivity contribution in [3.63, 3.8) is 0 Å². The molecule has 1 aromatic rings. The molecular formula is C12H14F3NO2. The Bertz CT molecular complexity index is 426. The Balaban J connectivity index is 2.91. The first-order chi connectivity index (χ1) is 8.36. The minimum Gasteiger partial charge on any atom is -0.394 e. The van der Waals surface area contributed by atoms with Gasteiger partial charge in [-0.1, -0.05) is 13.8 Å². The van der Waals surface area contributed by atoms with E-state index in [-0.39, 0.29) is 18.1 Å². The summed E-state index contributed by atoms with van der Waals surface area (Å²) in [5, 5.41) is 11.4. The van der Waals surface area contributed by atoms with E-state index in [0.717, 1.165) is 0 Å². The summed E-state index contributed by atoms with van der Waals surface area (Å²) in [5.74, 6) is -5.28. The number of halogens is 3. The van der Waals surface area contributed by atoms with Crippen molar-refractivity contribution < 1.29 is 23.1 Å². The summed E-state index contributed by atoms with van der Waals surface area (Å²) in [5.41, 5.74) is -0.328. The highest BCUT2D eigenvalue weighted by Crippen LogP contribution is 2.14. The molecule has 0 heterocycles. The molecule has 1 rings (SSSR count). The fraction of sp³-hybridized carbons (Fsp3) is 0.417. The van der Waals surface area contributed by atoms with E-state index >= 15 is 0 Å². The molecule has 0 radical (unpaired) electrons. The molecule has 0 aromatic heterocycles. The van der Waals surface area contributed by atoms with Gasteiger partial charge in [0.1, 0.15) is 0 Å². The SMILES string of the molecule is CC(C)C(CO)NC(=O)c1cc(F)c(F)c(F)c1. The largest absolute Gasteiger partial charge is 0.394 e. The highest BCUT2D eigenvalue weighted by Gasteiger charge is 2.19. The van der Waals surface area contributed by atoms with E-state index in [0.29, 0.717) is 12.1 Å². The lowest BCUT2D eigenvalue weighted by atomic mass is 10.0. The molecule has 0 aliphatic heterocycles. The van der Waals surface area contributed by atoms with Crippen LogP contribution < -0.4 is 5.32 Å². The number of aliphatic hydroxyl groups excluding tert-OH is 1. The number of amides is 1. The van der Waals surface area contributed by atoms with Crippen LogP contribution in [0.5, 0.6) is 0 Å². The van der Waals surface area contributed by atoms with Crippen LogP contribution in [0.1, 0.15) is 24.2 Å². The molecule has 1 unspecified atom stereocenters. The quantitative estimate of drug-likeness (QED) is 0.813. The summed E-state index contributed by atoms with van der Waals surface area (Å²) in [4.78, 5) is 11.7. The molecule has 0 bridgehead atoms. The maximum absolute atomic E-state index is 12.9. The van der Waals surface area contributed by atoms with Gasteiger partial charge in [0.05, 0.1) is 12.6 Å². The van der Waals surface area contributed by atoms with Crippen LogP contribution in [0, 0.1) is 23.4 Å². The second kappa shape index (κ2) is 5.86. The van der Waals surface area contributed by atoms with Crippen molar-refractivity contribution in [2.24, 2.45) is 5.92 Å². The van der Waals surface area contributed by atoms with Crippen LogP contribution in [0.4, 0.5) is 13.2 Å². The smallest absolute Gasteiger partial charge is 0.251 e. The van der Waals surface area contributed by atoms with Crippen LogP contribution in [0.2, 0.25) is 0 Å². The monoisotopic (exact) mass is 261 g/mol. The Kier molecular flexibility index (Phi) is 4.72. The van der Waals surface area contributed by atoms with Gasteiger partial charge in [-0.05, 0) is 18.1 Å². The van der Waals surface area contributed by atoms with E-state index in [4.69, 9.17) is 5.11 Å². The van der Waals surface area contributed by atoms with Crippen LogP contribution >= 0.6 is 0 Å². The summed E-state index contributed by atoms with van der Waals surface area (Å²) in [6, 6.07) is 0.694. The molecular weight excluding hydrogens is 247 g/mol. The Morgan fingerprint density at radius 3 is 2.17 bits per heavy atom. The lowest BCUT2D eigenvalue weighted by molar-refractivity contribution is 0.0895. The first-order valence-electron chi connectivity index (χ1n) is 5.43. The number of carbonyl (C=O) groups excluding carboxylic acids is 1. The zero-order valence-corrected chi connectivity index (χ0v) is 10.0. The van der Waals surface area contributed by atoms with E-state index in [9.17, 15) is 18.0 Å². The standard InChI is InChI=1S/C12H14F3NO2/c1-6(2)10(5-17)16-12(18)7-3-8(13)11(15)9(14)4-7/h3-4,6,10,17H,5H2,1-2H3,(H,16,18). The molecule has 2 N–H and O–H groups in total. The number of hydrogen-bond donors (Lipinski definition) is 2. The van der Waals surface area contributed by atoms with Crippen LogP contribution in [0.15, 0.2) is 12.1 Å². The predicted octanol–water partition coefficient (Wildman–Crippen LogP) is 1.85. The van der Waals surface area contributed by atoms with Crippen molar-refractivity contribution in [1.82, 2.24) is 5.32 Å². The number of hydrogen-bond acceptors (Lipinski definition) is 2. The molecule has 3 nitrogen and oxygen atoms in total. The summed E-state index contributed by atoms with van der Waals surface area (Å²) in [6.07, 6.45) is 0. The third kappa shape index (κ3) is 3.22. The zero-order valence-electron chi connectivity index (χ0n) is 10.0. The summed E-state index contributed by atoms with van der Waals surface area (Å²) < 4.78 is 38.6. The second-order valence-corrected chi connectivity index (χ2v) is 4.26. The molecule has 0 fully saturated rings. The molecule has 100 valence electrons. The van der Waals surface area contributed by atoms with Gasteiger partial charge in [0.2, 0.25) is 0 Å². The minimum absolute atomic E-state index is 0.0471. The van der Waals surface area contributed by atoms with E-state index in [2.05, 4.69) is 5.32 Å². The molecule has 1 atom stereocenters. The fourth-order valence-corrected chi connectivity index (χ4v) is 1.36. The molecule has 6 heteroatoms. The molecule has 0 aliphatic carbocycles. The minimum atomic E-state index is -1.62. The Morgan fingerprint density at radius 2 is 1.78 bits per heavy atom. The molecule has 0 saturated heterocycles. The van der Waals surface area contributed by atoms with E-state index < -0.39 is 29.4 Å². The van der Waals surface area contributed by atoms with Gasteiger partial charge in [-0.15, -0.1) is 0 Å². The van der Waals surface area contributed by atoms with Gasteiger partial charge in [-0.2, -0.15) is 0 Å². The lowest BCUT2D eigenvalue weighted by Gasteiger charge is -2.19. The van der Waals surface area contributed by atoms with Crippen molar-refractivity contribution in [2.45, 2.75) is 19.9 Å². The summed E-state index contributed by atoms with van der Waals surface area (Å²) >= 11 is 0. The topological polar surface area (TPSA) is 49.3 Å². The maximum atomic E-state index is 12.9. The number of benzene rings is 1.